The van der Waals surface area contributed by atoms with Gasteiger partial charge in [0.25, 0.3) is 0 Å². The molecule has 1 aromatic carbocycles. The summed E-state index contributed by atoms with van der Waals surface area (Å²) >= 11 is 0. The predicted molar refractivity (Wildman–Crippen MR) is 63.6 cm³/mol. The van der Waals surface area contributed by atoms with E-state index in [9.17, 15) is 4.79 Å². The third kappa shape index (κ3) is 3.69. The molecule has 1 aromatic rings. The van der Waals surface area contributed by atoms with Gasteiger partial charge in [0.15, 0.2) is 5.78 Å². The topological polar surface area (TPSA) is 50.1 Å². The zero-order valence-corrected chi connectivity index (χ0v) is 9.69. The standard InChI is InChI=1S/C14H15NO2/c15-9-12-3-5-13(6-4-12)14(16)10-17-8-7-11-1-2-11/h3-6,11H,1-2,7-8,10H2. The van der Waals surface area contributed by atoms with Crippen molar-refractivity contribution in [1.82, 2.24) is 0 Å². The average molecular weight is 229 g/mol. The van der Waals surface area contributed by atoms with Gasteiger partial charge in [-0.05, 0) is 24.5 Å². The van der Waals surface area contributed by atoms with Crippen LogP contribution in [0, 0.1) is 17.2 Å². The maximum Gasteiger partial charge on any atom is 0.188 e. The zero-order valence-electron chi connectivity index (χ0n) is 9.69. The summed E-state index contributed by atoms with van der Waals surface area (Å²) in [5.41, 5.74) is 1.17. The fourth-order valence-electron chi connectivity index (χ4n) is 1.64. The maximum absolute atomic E-state index is 11.7. The fraction of sp³-hybridized carbons (Fsp3) is 0.429. The second-order valence-electron chi connectivity index (χ2n) is 4.40. The number of carbonyl (C=O) groups is 1. The van der Waals surface area contributed by atoms with Crippen molar-refractivity contribution in [2.75, 3.05) is 13.2 Å². The quantitative estimate of drug-likeness (QED) is 0.556. The highest BCUT2D eigenvalue weighted by Crippen LogP contribution is 2.32. The number of ether oxygens (including phenoxy) is 1. The first kappa shape index (κ1) is 11.8. The number of ketones is 1. The van der Waals surface area contributed by atoms with E-state index < -0.39 is 0 Å². The Labute approximate surface area is 101 Å². The van der Waals surface area contributed by atoms with Crippen molar-refractivity contribution in [2.45, 2.75) is 19.3 Å². The molecule has 0 amide bonds. The molecular weight excluding hydrogens is 214 g/mol. The van der Waals surface area contributed by atoms with Crippen molar-refractivity contribution in [3.05, 3.63) is 35.4 Å². The van der Waals surface area contributed by atoms with Gasteiger partial charge in [-0.1, -0.05) is 25.0 Å². The van der Waals surface area contributed by atoms with Gasteiger partial charge in [0.1, 0.15) is 6.61 Å². The summed E-state index contributed by atoms with van der Waals surface area (Å²) < 4.78 is 5.34. The first-order valence-corrected chi connectivity index (χ1v) is 5.90. The molecule has 0 radical (unpaired) electrons. The molecule has 0 aliphatic heterocycles. The van der Waals surface area contributed by atoms with Crippen LogP contribution in [-0.2, 0) is 4.74 Å². The van der Waals surface area contributed by atoms with Crippen LogP contribution in [0.3, 0.4) is 0 Å². The van der Waals surface area contributed by atoms with Crippen LogP contribution in [0.15, 0.2) is 24.3 Å². The summed E-state index contributed by atoms with van der Waals surface area (Å²) in [4.78, 5) is 11.7. The number of carbonyl (C=O) groups excluding carboxylic acids is 1. The molecule has 0 aromatic heterocycles. The summed E-state index contributed by atoms with van der Waals surface area (Å²) in [5.74, 6) is 0.810. The zero-order chi connectivity index (χ0) is 12.1. The largest absolute Gasteiger partial charge is 0.373 e. The fourth-order valence-corrected chi connectivity index (χ4v) is 1.64. The summed E-state index contributed by atoms with van der Waals surface area (Å²) in [6.07, 6.45) is 3.69. The van der Waals surface area contributed by atoms with Crippen molar-refractivity contribution in [3.8, 4) is 6.07 Å². The number of hydrogen-bond donors (Lipinski definition) is 0. The molecule has 3 nitrogen and oxygen atoms in total. The van der Waals surface area contributed by atoms with Crippen LogP contribution in [0.2, 0.25) is 0 Å². The molecule has 1 aliphatic rings. The predicted octanol–water partition coefficient (Wildman–Crippen LogP) is 2.56. The van der Waals surface area contributed by atoms with Crippen LogP contribution in [-0.4, -0.2) is 19.0 Å². The molecule has 0 heterocycles. The number of nitriles is 1. The van der Waals surface area contributed by atoms with E-state index in [0.717, 1.165) is 12.3 Å². The minimum atomic E-state index is -0.0229. The normalized spacial score (nSPS) is 14.3. The Morgan fingerprint density at radius 3 is 2.65 bits per heavy atom. The molecule has 0 saturated heterocycles. The highest BCUT2D eigenvalue weighted by molar-refractivity contribution is 5.97. The Hall–Kier alpha value is -1.66. The van der Waals surface area contributed by atoms with Gasteiger partial charge in [0.05, 0.1) is 11.6 Å². The minimum absolute atomic E-state index is 0.0229. The van der Waals surface area contributed by atoms with Gasteiger partial charge in [-0.15, -0.1) is 0 Å². The van der Waals surface area contributed by atoms with E-state index in [1.165, 1.54) is 12.8 Å². The Morgan fingerprint density at radius 2 is 2.06 bits per heavy atom. The van der Waals surface area contributed by atoms with E-state index in [1.807, 2.05) is 6.07 Å². The smallest absolute Gasteiger partial charge is 0.188 e. The molecule has 2 rings (SSSR count). The number of rotatable bonds is 6. The molecule has 1 saturated carbocycles. The number of nitrogens with zero attached hydrogens (tertiary/aromatic N) is 1. The first-order valence-electron chi connectivity index (χ1n) is 5.90. The van der Waals surface area contributed by atoms with Crippen molar-refractivity contribution in [2.24, 2.45) is 5.92 Å². The van der Waals surface area contributed by atoms with Gasteiger partial charge in [0.2, 0.25) is 0 Å². The van der Waals surface area contributed by atoms with Crippen LogP contribution in [0.5, 0.6) is 0 Å². The van der Waals surface area contributed by atoms with Gasteiger partial charge in [0, 0.05) is 12.2 Å². The van der Waals surface area contributed by atoms with Gasteiger partial charge in [-0.3, -0.25) is 4.79 Å². The van der Waals surface area contributed by atoms with E-state index >= 15 is 0 Å². The molecule has 3 heteroatoms. The van der Waals surface area contributed by atoms with Crippen LogP contribution in [0.25, 0.3) is 0 Å². The van der Waals surface area contributed by atoms with E-state index in [1.54, 1.807) is 24.3 Å². The second kappa shape index (κ2) is 5.60. The Morgan fingerprint density at radius 1 is 1.35 bits per heavy atom. The van der Waals surface area contributed by atoms with Crippen LogP contribution < -0.4 is 0 Å². The Bertz CT molecular complexity index is 427. The highest BCUT2D eigenvalue weighted by atomic mass is 16.5. The molecule has 1 fully saturated rings. The lowest BCUT2D eigenvalue weighted by atomic mass is 10.1. The maximum atomic E-state index is 11.7. The highest BCUT2D eigenvalue weighted by Gasteiger charge is 2.20. The molecule has 0 bridgehead atoms. The van der Waals surface area contributed by atoms with Gasteiger partial charge in [-0.25, -0.2) is 0 Å². The van der Waals surface area contributed by atoms with Crippen molar-refractivity contribution >= 4 is 5.78 Å². The Balaban J connectivity index is 1.75. The molecular formula is C14H15NO2. The molecule has 0 N–H and O–H groups in total. The molecule has 88 valence electrons. The number of benzene rings is 1. The molecule has 0 unspecified atom stereocenters. The Kier molecular flexibility index (Phi) is 3.89. The van der Waals surface area contributed by atoms with Crippen molar-refractivity contribution in [1.29, 1.82) is 5.26 Å². The monoisotopic (exact) mass is 229 g/mol. The van der Waals surface area contributed by atoms with Gasteiger partial charge in [-0.2, -0.15) is 5.26 Å². The van der Waals surface area contributed by atoms with Crippen molar-refractivity contribution < 1.29 is 9.53 Å². The van der Waals surface area contributed by atoms with E-state index in [2.05, 4.69) is 0 Å². The lowest BCUT2D eigenvalue weighted by molar-refractivity contribution is 0.0748. The van der Waals surface area contributed by atoms with E-state index in [0.29, 0.717) is 17.7 Å². The molecule has 17 heavy (non-hydrogen) atoms. The SMILES string of the molecule is N#Cc1ccc(C(=O)COCCC2CC2)cc1. The van der Waals surface area contributed by atoms with Crippen LogP contribution >= 0.6 is 0 Å². The summed E-state index contributed by atoms with van der Waals surface area (Å²) in [6.45, 7) is 0.811. The van der Waals surface area contributed by atoms with Crippen LogP contribution in [0.1, 0.15) is 35.2 Å². The third-order valence-electron chi connectivity index (χ3n) is 2.94. The first-order chi connectivity index (χ1) is 8.29. The average Bonchev–Trinajstić information content (AvgIpc) is 3.18. The lowest BCUT2D eigenvalue weighted by Gasteiger charge is -2.03. The van der Waals surface area contributed by atoms with E-state index in [-0.39, 0.29) is 12.4 Å². The summed E-state index contributed by atoms with van der Waals surface area (Å²) in [5, 5.41) is 8.64. The number of hydrogen-bond acceptors (Lipinski definition) is 3. The van der Waals surface area contributed by atoms with E-state index in [4.69, 9.17) is 10.00 Å². The molecule has 1 aliphatic carbocycles. The number of Topliss-reactive ketones (excluding diaryl/α,β-unsaturated/α-hetero) is 1. The summed E-state index contributed by atoms with van der Waals surface area (Å²) in [7, 11) is 0. The van der Waals surface area contributed by atoms with Gasteiger partial charge < -0.3 is 4.74 Å². The second-order valence-corrected chi connectivity index (χ2v) is 4.40. The van der Waals surface area contributed by atoms with Gasteiger partial charge >= 0.3 is 0 Å². The molecule has 0 spiro atoms. The minimum Gasteiger partial charge on any atom is -0.373 e. The van der Waals surface area contributed by atoms with Crippen LogP contribution in [0.4, 0.5) is 0 Å². The van der Waals surface area contributed by atoms with Crippen molar-refractivity contribution in [3.63, 3.8) is 0 Å². The summed E-state index contributed by atoms with van der Waals surface area (Å²) in [6, 6.07) is 8.67. The third-order valence-corrected chi connectivity index (χ3v) is 2.94. The molecule has 0 atom stereocenters. The lowest BCUT2D eigenvalue weighted by Crippen LogP contribution is -2.10.